The predicted octanol–water partition coefficient (Wildman–Crippen LogP) is 3.20. The molecular weight excluding hydrogens is 340 g/mol. The molecule has 0 saturated heterocycles. The fourth-order valence-corrected chi connectivity index (χ4v) is 3.55. The third-order valence-corrected chi connectivity index (χ3v) is 5.04. The SMILES string of the molecule is COc1ccc2c(n1)C(C)(C)CN2C(=O)NC[C@@H](c1ccccc1)N(C)C. The fourth-order valence-electron chi connectivity index (χ4n) is 3.55. The van der Waals surface area contributed by atoms with E-state index in [1.54, 1.807) is 18.1 Å². The van der Waals surface area contributed by atoms with Crippen LogP contribution in [0.3, 0.4) is 0 Å². The molecule has 2 heterocycles. The Hall–Kier alpha value is -2.60. The van der Waals surface area contributed by atoms with Crippen LogP contribution >= 0.6 is 0 Å². The fraction of sp³-hybridized carbons (Fsp3) is 0.429. The van der Waals surface area contributed by atoms with Crippen LogP contribution in [0.5, 0.6) is 5.88 Å². The summed E-state index contributed by atoms with van der Waals surface area (Å²) in [6.45, 7) is 5.31. The third kappa shape index (κ3) is 3.90. The number of carbonyl (C=O) groups is 1. The average Bonchev–Trinajstić information content (AvgIpc) is 2.93. The molecule has 27 heavy (non-hydrogen) atoms. The number of fused-ring (bicyclic) bond motifs is 1. The zero-order valence-corrected chi connectivity index (χ0v) is 16.7. The van der Waals surface area contributed by atoms with Crippen LogP contribution in [-0.2, 0) is 5.41 Å². The highest BCUT2D eigenvalue weighted by atomic mass is 16.5. The van der Waals surface area contributed by atoms with Crippen molar-refractivity contribution in [1.82, 2.24) is 15.2 Å². The van der Waals surface area contributed by atoms with Gasteiger partial charge in [0.25, 0.3) is 0 Å². The van der Waals surface area contributed by atoms with Gasteiger partial charge in [-0.05, 0) is 25.7 Å². The van der Waals surface area contributed by atoms with Crippen molar-refractivity contribution in [3.8, 4) is 5.88 Å². The summed E-state index contributed by atoms with van der Waals surface area (Å²) in [5.41, 5.74) is 2.70. The second-order valence-electron chi connectivity index (χ2n) is 7.77. The minimum Gasteiger partial charge on any atom is -0.481 e. The molecule has 2 aromatic rings. The van der Waals surface area contributed by atoms with Crippen LogP contribution in [0.1, 0.15) is 31.1 Å². The van der Waals surface area contributed by atoms with Gasteiger partial charge in [-0.15, -0.1) is 0 Å². The zero-order chi connectivity index (χ0) is 19.6. The number of ether oxygens (including phenoxy) is 1. The molecule has 0 fully saturated rings. The first-order valence-corrected chi connectivity index (χ1v) is 9.16. The highest BCUT2D eigenvalue weighted by Gasteiger charge is 2.40. The van der Waals surface area contributed by atoms with Gasteiger partial charge >= 0.3 is 6.03 Å². The lowest BCUT2D eigenvalue weighted by molar-refractivity contribution is 0.237. The number of methoxy groups -OCH3 is 1. The summed E-state index contributed by atoms with van der Waals surface area (Å²) in [6, 6.07) is 13.9. The monoisotopic (exact) mass is 368 g/mol. The van der Waals surface area contributed by atoms with E-state index in [0.717, 1.165) is 11.4 Å². The normalized spacial score (nSPS) is 16.1. The number of nitrogens with zero attached hydrogens (tertiary/aromatic N) is 3. The third-order valence-electron chi connectivity index (χ3n) is 5.04. The first-order chi connectivity index (χ1) is 12.8. The molecule has 1 aromatic heterocycles. The molecule has 1 aliphatic heterocycles. The molecular formula is C21H28N4O2. The molecule has 3 rings (SSSR count). The van der Waals surface area contributed by atoms with Gasteiger partial charge in [0.15, 0.2) is 0 Å². The van der Waals surface area contributed by atoms with Crippen molar-refractivity contribution in [3.05, 3.63) is 53.7 Å². The first-order valence-electron chi connectivity index (χ1n) is 9.16. The van der Waals surface area contributed by atoms with Crippen LogP contribution in [0, 0.1) is 0 Å². The molecule has 1 aromatic carbocycles. The van der Waals surface area contributed by atoms with Gasteiger partial charge in [-0.25, -0.2) is 9.78 Å². The minimum atomic E-state index is -0.221. The number of pyridine rings is 1. The summed E-state index contributed by atoms with van der Waals surface area (Å²) in [7, 11) is 5.65. The van der Waals surface area contributed by atoms with Gasteiger partial charge in [0, 0.05) is 24.6 Å². The second kappa shape index (κ2) is 7.56. The van der Waals surface area contributed by atoms with Gasteiger partial charge in [0.1, 0.15) is 0 Å². The number of rotatable bonds is 5. The lowest BCUT2D eigenvalue weighted by Gasteiger charge is -2.27. The number of hydrogen-bond acceptors (Lipinski definition) is 4. The Kier molecular flexibility index (Phi) is 5.37. The summed E-state index contributed by atoms with van der Waals surface area (Å²) in [4.78, 5) is 21.4. The van der Waals surface area contributed by atoms with Gasteiger partial charge in [-0.3, -0.25) is 4.90 Å². The van der Waals surface area contributed by atoms with Gasteiger partial charge in [0.05, 0.1) is 24.5 Å². The van der Waals surface area contributed by atoms with Gasteiger partial charge in [0.2, 0.25) is 5.88 Å². The molecule has 0 bridgehead atoms. The Morgan fingerprint density at radius 3 is 2.59 bits per heavy atom. The number of hydrogen-bond donors (Lipinski definition) is 1. The molecule has 1 atom stereocenters. The van der Waals surface area contributed by atoms with Crippen molar-refractivity contribution in [2.24, 2.45) is 0 Å². The molecule has 2 amide bonds. The molecule has 0 saturated carbocycles. The number of carbonyl (C=O) groups excluding carboxylic acids is 1. The van der Waals surface area contributed by atoms with E-state index < -0.39 is 0 Å². The Morgan fingerprint density at radius 1 is 1.26 bits per heavy atom. The molecule has 0 spiro atoms. The van der Waals surface area contributed by atoms with Gasteiger partial charge in [-0.1, -0.05) is 44.2 Å². The summed E-state index contributed by atoms with van der Waals surface area (Å²) in [5.74, 6) is 0.570. The van der Waals surface area contributed by atoms with E-state index in [1.807, 2.05) is 38.4 Å². The van der Waals surface area contributed by atoms with Crippen molar-refractivity contribution in [1.29, 1.82) is 0 Å². The molecule has 0 aliphatic carbocycles. The Labute approximate surface area is 161 Å². The van der Waals surface area contributed by atoms with Crippen molar-refractivity contribution >= 4 is 11.7 Å². The number of nitrogens with one attached hydrogen (secondary N) is 1. The van der Waals surface area contributed by atoms with Crippen LogP contribution in [-0.4, -0.2) is 50.2 Å². The molecule has 6 nitrogen and oxygen atoms in total. The minimum absolute atomic E-state index is 0.100. The van der Waals surface area contributed by atoms with E-state index in [4.69, 9.17) is 4.74 Å². The summed E-state index contributed by atoms with van der Waals surface area (Å²) in [6.07, 6.45) is 0. The topological polar surface area (TPSA) is 57.7 Å². The summed E-state index contributed by atoms with van der Waals surface area (Å²) >= 11 is 0. The molecule has 1 N–H and O–H groups in total. The van der Waals surface area contributed by atoms with Crippen molar-refractivity contribution in [2.45, 2.75) is 25.3 Å². The summed E-state index contributed by atoms with van der Waals surface area (Å²) < 4.78 is 5.25. The maximum atomic E-state index is 12.9. The van der Waals surface area contributed by atoms with Crippen LogP contribution in [0.2, 0.25) is 0 Å². The molecule has 1 aliphatic rings. The van der Waals surface area contributed by atoms with Gasteiger partial charge < -0.3 is 15.0 Å². The quantitative estimate of drug-likeness (QED) is 0.881. The molecule has 0 radical (unpaired) electrons. The zero-order valence-electron chi connectivity index (χ0n) is 16.7. The predicted molar refractivity (Wildman–Crippen MR) is 107 cm³/mol. The maximum absolute atomic E-state index is 12.9. The summed E-state index contributed by atoms with van der Waals surface area (Å²) in [5, 5.41) is 3.10. The number of aromatic nitrogens is 1. The second-order valence-corrected chi connectivity index (χ2v) is 7.77. The van der Waals surface area contributed by atoms with E-state index in [9.17, 15) is 4.79 Å². The number of benzene rings is 1. The van der Waals surface area contributed by atoms with Crippen LogP contribution in [0.15, 0.2) is 42.5 Å². The average molecular weight is 368 g/mol. The van der Waals surface area contributed by atoms with Crippen LogP contribution in [0.25, 0.3) is 0 Å². The van der Waals surface area contributed by atoms with E-state index in [-0.39, 0.29) is 17.5 Å². The molecule has 6 heteroatoms. The van der Waals surface area contributed by atoms with E-state index in [1.165, 1.54) is 5.56 Å². The van der Waals surface area contributed by atoms with Crippen molar-refractivity contribution < 1.29 is 9.53 Å². The van der Waals surface area contributed by atoms with Crippen LogP contribution in [0.4, 0.5) is 10.5 Å². The molecule has 144 valence electrons. The highest BCUT2D eigenvalue weighted by Crippen LogP contribution is 2.40. The number of anilines is 1. The van der Waals surface area contributed by atoms with Crippen molar-refractivity contribution in [2.75, 3.05) is 39.2 Å². The largest absolute Gasteiger partial charge is 0.481 e. The first kappa shape index (κ1) is 19.2. The lowest BCUT2D eigenvalue weighted by atomic mass is 9.91. The number of likely N-dealkylation sites (N-methyl/N-ethyl adjacent to an activating group) is 1. The van der Waals surface area contributed by atoms with Gasteiger partial charge in [-0.2, -0.15) is 0 Å². The Bertz CT molecular complexity index is 805. The maximum Gasteiger partial charge on any atom is 0.322 e. The standard InChI is InChI=1S/C21H28N4O2/c1-21(2)14-25(16-11-12-18(27-5)23-19(16)21)20(26)22-13-17(24(3)4)15-9-7-6-8-10-15/h6-12,17H,13-14H2,1-5H3,(H,22,26)/t17-/m0/s1. The Morgan fingerprint density at radius 2 is 1.96 bits per heavy atom. The molecule has 0 unspecified atom stereocenters. The number of amides is 2. The highest BCUT2D eigenvalue weighted by molar-refractivity contribution is 5.94. The van der Waals surface area contributed by atoms with Crippen LogP contribution < -0.4 is 15.0 Å². The van der Waals surface area contributed by atoms with E-state index in [0.29, 0.717) is 19.0 Å². The van der Waals surface area contributed by atoms with Crippen molar-refractivity contribution in [3.63, 3.8) is 0 Å². The van der Waals surface area contributed by atoms with E-state index >= 15 is 0 Å². The Balaban J connectivity index is 1.76. The number of urea groups is 1. The smallest absolute Gasteiger partial charge is 0.322 e. The van der Waals surface area contributed by atoms with E-state index in [2.05, 4.69) is 41.2 Å². The lowest BCUT2D eigenvalue weighted by Crippen LogP contribution is -2.44.